The summed E-state index contributed by atoms with van der Waals surface area (Å²) in [4.78, 5) is 15.3. The summed E-state index contributed by atoms with van der Waals surface area (Å²) in [7, 11) is 3.86. The van der Waals surface area contributed by atoms with E-state index in [1.807, 2.05) is 62.0 Å². The van der Waals surface area contributed by atoms with Crippen molar-refractivity contribution in [2.75, 3.05) is 19.0 Å². The van der Waals surface area contributed by atoms with Crippen LogP contribution >= 0.6 is 0 Å². The summed E-state index contributed by atoms with van der Waals surface area (Å²) in [5.41, 5.74) is 6.04. The molecular formula is C23H19N5O. The fraction of sp³-hybridized carbons (Fsp3) is 0.0870. The van der Waals surface area contributed by atoms with Gasteiger partial charge in [0.25, 0.3) is 0 Å². The largest absolute Gasteiger partial charge is 0.464 e. The summed E-state index contributed by atoms with van der Waals surface area (Å²) < 4.78 is 7.58. The van der Waals surface area contributed by atoms with Gasteiger partial charge in [-0.3, -0.25) is 4.57 Å². The van der Waals surface area contributed by atoms with E-state index in [0.29, 0.717) is 5.95 Å². The smallest absolute Gasteiger partial charge is 0.224 e. The number of imidazole rings is 1. The first-order valence-corrected chi connectivity index (χ1v) is 9.30. The van der Waals surface area contributed by atoms with Crippen LogP contribution in [0, 0.1) is 0 Å². The maximum Gasteiger partial charge on any atom is 0.224 e. The van der Waals surface area contributed by atoms with E-state index in [2.05, 4.69) is 49.9 Å². The van der Waals surface area contributed by atoms with E-state index in [9.17, 15) is 0 Å². The first-order valence-electron chi connectivity index (χ1n) is 9.30. The Morgan fingerprint density at radius 2 is 1.69 bits per heavy atom. The van der Waals surface area contributed by atoms with Crippen molar-refractivity contribution in [1.82, 2.24) is 19.5 Å². The van der Waals surface area contributed by atoms with Gasteiger partial charge in [0.1, 0.15) is 12.1 Å². The molecule has 0 saturated carbocycles. The number of fused-ring (bicyclic) bond motifs is 1. The molecule has 0 aliphatic rings. The molecule has 3 heterocycles. The van der Waals surface area contributed by atoms with Gasteiger partial charge in [-0.25, -0.2) is 15.0 Å². The molecule has 0 aliphatic heterocycles. The second-order valence-electron chi connectivity index (χ2n) is 7.01. The SMILES string of the molecule is CN(C)c1ncc(-c2cccc(-n3cnc4cc(-c5ccco5)ccc43)c2)cn1. The second kappa shape index (κ2) is 6.91. The molecule has 0 saturated heterocycles. The average Bonchev–Trinajstić information content (AvgIpc) is 3.43. The van der Waals surface area contributed by atoms with E-state index < -0.39 is 0 Å². The van der Waals surface area contributed by atoms with Crippen molar-refractivity contribution in [3.8, 4) is 28.1 Å². The van der Waals surface area contributed by atoms with E-state index in [1.165, 1.54) is 0 Å². The van der Waals surface area contributed by atoms with E-state index >= 15 is 0 Å². The van der Waals surface area contributed by atoms with Gasteiger partial charge in [0.2, 0.25) is 5.95 Å². The van der Waals surface area contributed by atoms with Crippen molar-refractivity contribution in [3.63, 3.8) is 0 Å². The molecular weight excluding hydrogens is 362 g/mol. The molecule has 0 radical (unpaired) electrons. The number of hydrogen-bond acceptors (Lipinski definition) is 5. The maximum atomic E-state index is 5.50. The molecule has 5 aromatic rings. The van der Waals surface area contributed by atoms with Gasteiger partial charge in [-0.15, -0.1) is 0 Å². The maximum absolute atomic E-state index is 5.50. The molecule has 0 fully saturated rings. The zero-order valence-corrected chi connectivity index (χ0v) is 16.1. The Kier molecular flexibility index (Phi) is 4.09. The predicted octanol–water partition coefficient (Wildman–Crippen LogP) is 4.81. The summed E-state index contributed by atoms with van der Waals surface area (Å²) in [5.74, 6) is 1.53. The summed E-state index contributed by atoms with van der Waals surface area (Å²) in [6.45, 7) is 0. The third kappa shape index (κ3) is 3.14. The highest BCUT2D eigenvalue weighted by atomic mass is 16.3. The second-order valence-corrected chi connectivity index (χ2v) is 7.01. The molecule has 0 aliphatic carbocycles. The number of hydrogen-bond donors (Lipinski definition) is 0. The third-order valence-electron chi connectivity index (χ3n) is 4.85. The molecule has 0 unspecified atom stereocenters. The molecule has 2 aromatic carbocycles. The van der Waals surface area contributed by atoms with Gasteiger partial charge in [0.15, 0.2) is 0 Å². The Morgan fingerprint density at radius 3 is 2.45 bits per heavy atom. The number of aromatic nitrogens is 4. The van der Waals surface area contributed by atoms with E-state index in [1.54, 1.807) is 6.26 Å². The van der Waals surface area contributed by atoms with Gasteiger partial charge in [-0.2, -0.15) is 0 Å². The minimum absolute atomic E-state index is 0.692. The molecule has 29 heavy (non-hydrogen) atoms. The first-order chi connectivity index (χ1) is 14.2. The van der Waals surface area contributed by atoms with E-state index in [0.717, 1.165) is 39.2 Å². The quantitative estimate of drug-likeness (QED) is 0.447. The van der Waals surface area contributed by atoms with Crippen LogP contribution < -0.4 is 4.90 Å². The fourth-order valence-corrected chi connectivity index (χ4v) is 3.35. The monoisotopic (exact) mass is 381 g/mol. The highest BCUT2D eigenvalue weighted by molar-refractivity contribution is 5.82. The standard InChI is InChI=1S/C23H19N5O/c1-27(2)23-24-13-18(14-25-23)16-5-3-6-19(11-16)28-15-26-20-12-17(8-9-21(20)28)22-7-4-10-29-22/h3-15H,1-2H3. The Labute approximate surface area is 168 Å². The summed E-state index contributed by atoms with van der Waals surface area (Å²) >= 11 is 0. The molecule has 0 amide bonds. The van der Waals surface area contributed by atoms with Gasteiger partial charge in [0, 0.05) is 43.3 Å². The number of anilines is 1. The Bertz CT molecular complexity index is 1270. The molecule has 142 valence electrons. The lowest BCUT2D eigenvalue weighted by Crippen LogP contribution is -2.12. The van der Waals surface area contributed by atoms with Crippen LogP contribution in [0.15, 0.2) is 84.0 Å². The number of furan rings is 1. The third-order valence-corrected chi connectivity index (χ3v) is 4.85. The lowest BCUT2D eigenvalue weighted by molar-refractivity contribution is 0.582. The van der Waals surface area contributed by atoms with Crippen molar-refractivity contribution in [2.45, 2.75) is 0 Å². The van der Waals surface area contributed by atoms with Crippen molar-refractivity contribution in [1.29, 1.82) is 0 Å². The Morgan fingerprint density at radius 1 is 0.828 bits per heavy atom. The summed E-state index contributed by atoms with van der Waals surface area (Å²) in [6.07, 6.45) is 7.23. The van der Waals surface area contributed by atoms with Crippen LogP contribution in [0.4, 0.5) is 5.95 Å². The Hall–Kier alpha value is -3.93. The Balaban J connectivity index is 1.53. The summed E-state index contributed by atoms with van der Waals surface area (Å²) in [5, 5.41) is 0. The lowest BCUT2D eigenvalue weighted by atomic mass is 10.1. The highest BCUT2D eigenvalue weighted by Crippen LogP contribution is 2.27. The molecule has 0 bridgehead atoms. The zero-order chi connectivity index (χ0) is 19.8. The predicted molar refractivity (Wildman–Crippen MR) is 114 cm³/mol. The van der Waals surface area contributed by atoms with E-state index in [4.69, 9.17) is 4.42 Å². The molecule has 0 spiro atoms. The molecule has 3 aromatic heterocycles. The van der Waals surface area contributed by atoms with Gasteiger partial charge >= 0.3 is 0 Å². The molecule has 0 atom stereocenters. The topological polar surface area (TPSA) is 60.0 Å². The van der Waals surface area contributed by atoms with Crippen molar-refractivity contribution >= 4 is 17.0 Å². The molecule has 6 heteroatoms. The zero-order valence-electron chi connectivity index (χ0n) is 16.1. The minimum Gasteiger partial charge on any atom is -0.464 e. The fourth-order valence-electron chi connectivity index (χ4n) is 3.35. The van der Waals surface area contributed by atoms with Gasteiger partial charge < -0.3 is 9.32 Å². The van der Waals surface area contributed by atoms with Crippen LogP contribution in [-0.4, -0.2) is 33.6 Å². The highest BCUT2D eigenvalue weighted by Gasteiger charge is 2.09. The number of rotatable bonds is 4. The van der Waals surface area contributed by atoms with Gasteiger partial charge in [0.05, 0.1) is 17.3 Å². The number of nitrogens with zero attached hydrogens (tertiary/aromatic N) is 5. The van der Waals surface area contributed by atoms with Crippen LogP contribution in [0.5, 0.6) is 0 Å². The van der Waals surface area contributed by atoms with Gasteiger partial charge in [-0.1, -0.05) is 12.1 Å². The summed E-state index contributed by atoms with van der Waals surface area (Å²) in [6, 6.07) is 18.3. The van der Waals surface area contributed by atoms with Crippen LogP contribution in [0.25, 0.3) is 39.2 Å². The number of benzene rings is 2. The molecule has 5 rings (SSSR count). The molecule has 6 nitrogen and oxygen atoms in total. The first kappa shape index (κ1) is 17.2. The van der Waals surface area contributed by atoms with E-state index in [-0.39, 0.29) is 0 Å². The van der Waals surface area contributed by atoms with Crippen LogP contribution in [-0.2, 0) is 0 Å². The van der Waals surface area contributed by atoms with Crippen LogP contribution in [0.3, 0.4) is 0 Å². The lowest BCUT2D eigenvalue weighted by Gasteiger charge is -2.11. The van der Waals surface area contributed by atoms with Crippen LogP contribution in [0.2, 0.25) is 0 Å². The van der Waals surface area contributed by atoms with Crippen LogP contribution in [0.1, 0.15) is 0 Å². The average molecular weight is 381 g/mol. The minimum atomic E-state index is 0.692. The molecule has 0 N–H and O–H groups in total. The normalized spacial score (nSPS) is 11.1. The van der Waals surface area contributed by atoms with Crippen molar-refractivity contribution in [3.05, 3.63) is 79.6 Å². The van der Waals surface area contributed by atoms with Crippen molar-refractivity contribution < 1.29 is 4.42 Å². The van der Waals surface area contributed by atoms with Gasteiger partial charge in [-0.05, 0) is 48.0 Å². The van der Waals surface area contributed by atoms with Crippen molar-refractivity contribution in [2.24, 2.45) is 0 Å².